The molecule has 0 aromatic heterocycles. The number of hydrogen-bond acceptors (Lipinski definition) is 2. The van der Waals surface area contributed by atoms with Crippen LogP contribution in [0.4, 0.5) is 0 Å². The van der Waals surface area contributed by atoms with Crippen molar-refractivity contribution in [2.24, 2.45) is 5.92 Å². The van der Waals surface area contributed by atoms with Crippen LogP contribution in [0.3, 0.4) is 0 Å². The van der Waals surface area contributed by atoms with Crippen LogP contribution in [-0.2, 0) is 11.3 Å². The van der Waals surface area contributed by atoms with Gasteiger partial charge in [-0.15, -0.1) is 0 Å². The Morgan fingerprint density at radius 2 is 2.17 bits per heavy atom. The second kappa shape index (κ2) is 7.12. The minimum Gasteiger partial charge on any atom is -0.480 e. The number of benzene rings is 1. The third-order valence-electron chi connectivity index (χ3n) is 2.55. The van der Waals surface area contributed by atoms with Crippen LogP contribution in [0.15, 0.2) is 22.7 Å². The predicted octanol–water partition coefficient (Wildman–Crippen LogP) is 3.69. The zero-order valence-corrected chi connectivity index (χ0v) is 12.8. The number of aliphatic carboxylic acids is 1. The van der Waals surface area contributed by atoms with Crippen LogP contribution in [0.25, 0.3) is 0 Å². The lowest BCUT2D eigenvalue weighted by Crippen LogP contribution is -2.37. The standard InChI is InChI=1S/C13H17BrClNO2/c1-8(2)5-12(13(17)18)16-7-9-6-10(14)3-4-11(9)15/h3-4,6,8,12,16H,5,7H2,1-2H3,(H,17,18)/t12-/m1/s1. The number of hydrogen-bond donors (Lipinski definition) is 2. The van der Waals surface area contributed by atoms with Crippen LogP contribution < -0.4 is 5.32 Å². The summed E-state index contributed by atoms with van der Waals surface area (Å²) < 4.78 is 0.930. The highest BCUT2D eigenvalue weighted by Gasteiger charge is 2.18. The van der Waals surface area contributed by atoms with Gasteiger partial charge in [-0.25, -0.2) is 0 Å². The van der Waals surface area contributed by atoms with Crippen molar-refractivity contribution < 1.29 is 9.90 Å². The van der Waals surface area contributed by atoms with Crippen molar-refractivity contribution >= 4 is 33.5 Å². The van der Waals surface area contributed by atoms with E-state index in [1.165, 1.54) is 0 Å². The molecule has 0 amide bonds. The van der Waals surface area contributed by atoms with Crippen molar-refractivity contribution in [3.63, 3.8) is 0 Å². The van der Waals surface area contributed by atoms with Gasteiger partial charge in [-0.2, -0.15) is 0 Å². The monoisotopic (exact) mass is 333 g/mol. The van der Waals surface area contributed by atoms with Gasteiger partial charge in [-0.05, 0) is 36.1 Å². The van der Waals surface area contributed by atoms with Crippen LogP contribution in [-0.4, -0.2) is 17.1 Å². The highest BCUT2D eigenvalue weighted by Crippen LogP contribution is 2.21. The summed E-state index contributed by atoms with van der Waals surface area (Å²) in [5.74, 6) is -0.494. The van der Waals surface area contributed by atoms with Crippen LogP contribution in [0.1, 0.15) is 25.8 Å². The Morgan fingerprint density at radius 1 is 1.50 bits per heavy atom. The average molecular weight is 335 g/mol. The van der Waals surface area contributed by atoms with Crippen LogP contribution in [0.2, 0.25) is 5.02 Å². The molecule has 5 heteroatoms. The molecule has 3 nitrogen and oxygen atoms in total. The average Bonchev–Trinajstić information content (AvgIpc) is 2.27. The molecular weight excluding hydrogens is 318 g/mol. The second-order valence-electron chi connectivity index (χ2n) is 4.64. The maximum atomic E-state index is 11.1. The van der Waals surface area contributed by atoms with Gasteiger partial charge in [0.1, 0.15) is 6.04 Å². The maximum absolute atomic E-state index is 11.1. The maximum Gasteiger partial charge on any atom is 0.320 e. The Balaban J connectivity index is 2.66. The molecule has 0 saturated heterocycles. The Morgan fingerprint density at radius 3 is 2.72 bits per heavy atom. The molecular formula is C13H17BrClNO2. The number of halogens is 2. The summed E-state index contributed by atoms with van der Waals surface area (Å²) in [7, 11) is 0. The topological polar surface area (TPSA) is 49.3 Å². The van der Waals surface area contributed by atoms with E-state index in [2.05, 4.69) is 21.2 Å². The fourth-order valence-corrected chi connectivity index (χ4v) is 2.25. The van der Waals surface area contributed by atoms with Gasteiger partial charge in [-0.1, -0.05) is 41.4 Å². The molecule has 18 heavy (non-hydrogen) atoms. The molecule has 2 N–H and O–H groups in total. The van der Waals surface area contributed by atoms with E-state index in [0.29, 0.717) is 23.9 Å². The van der Waals surface area contributed by atoms with Crippen molar-refractivity contribution in [3.8, 4) is 0 Å². The summed E-state index contributed by atoms with van der Waals surface area (Å²) in [5.41, 5.74) is 0.890. The lowest BCUT2D eigenvalue weighted by atomic mass is 10.0. The highest BCUT2D eigenvalue weighted by molar-refractivity contribution is 9.10. The summed E-state index contributed by atoms with van der Waals surface area (Å²) in [6, 6.07) is 5.00. The van der Waals surface area contributed by atoms with Gasteiger partial charge in [0.2, 0.25) is 0 Å². The van der Waals surface area contributed by atoms with E-state index < -0.39 is 12.0 Å². The summed E-state index contributed by atoms with van der Waals surface area (Å²) in [5, 5.41) is 12.8. The third-order valence-corrected chi connectivity index (χ3v) is 3.41. The zero-order valence-electron chi connectivity index (χ0n) is 10.4. The molecule has 1 aromatic carbocycles. The molecule has 0 spiro atoms. The minimum atomic E-state index is -0.824. The van der Waals surface area contributed by atoms with E-state index in [1.807, 2.05) is 26.0 Å². The number of carboxylic acids is 1. The highest BCUT2D eigenvalue weighted by atomic mass is 79.9. The largest absolute Gasteiger partial charge is 0.480 e. The number of carbonyl (C=O) groups is 1. The van der Waals surface area contributed by atoms with Crippen molar-refractivity contribution in [2.75, 3.05) is 0 Å². The number of nitrogens with one attached hydrogen (secondary N) is 1. The Labute approximate surface area is 121 Å². The first-order chi connectivity index (χ1) is 8.40. The Kier molecular flexibility index (Phi) is 6.12. The first-order valence-corrected chi connectivity index (χ1v) is 6.97. The van der Waals surface area contributed by atoms with Crippen LogP contribution in [0.5, 0.6) is 0 Å². The van der Waals surface area contributed by atoms with Gasteiger partial charge in [0.15, 0.2) is 0 Å². The van der Waals surface area contributed by atoms with E-state index in [-0.39, 0.29) is 0 Å². The Bertz CT molecular complexity index is 423. The molecule has 0 radical (unpaired) electrons. The number of carboxylic acid groups (broad SMARTS) is 1. The van der Waals surface area contributed by atoms with Gasteiger partial charge in [-0.3, -0.25) is 4.79 Å². The van der Waals surface area contributed by atoms with Gasteiger partial charge >= 0.3 is 5.97 Å². The Hall–Kier alpha value is -0.580. The number of rotatable bonds is 6. The molecule has 0 aliphatic carbocycles. The summed E-state index contributed by atoms with van der Waals surface area (Å²) in [4.78, 5) is 11.1. The lowest BCUT2D eigenvalue weighted by Gasteiger charge is -2.17. The molecule has 0 bridgehead atoms. The van der Waals surface area contributed by atoms with E-state index in [9.17, 15) is 4.79 Å². The third kappa shape index (κ3) is 4.96. The van der Waals surface area contributed by atoms with Crippen molar-refractivity contribution in [1.29, 1.82) is 0 Å². The van der Waals surface area contributed by atoms with E-state index >= 15 is 0 Å². The molecule has 0 fully saturated rings. The molecule has 100 valence electrons. The second-order valence-corrected chi connectivity index (χ2v) is 5.96. The molecule has 1 aromatic rings. The summed E-state index contributed by atoms with van der Waals surface area (Å²) >= 11 is 9.43. The first kappa shape index (κ1) is 15.5. The fraction of sp³-hybridized carbons (Fsp3) is 0.462. The first-order valence-electron chi connectivity index (χ1n) is 5.80. The molecule has 0 saturated carbocycles. The van der Waals surface area contributed by atoms with Gasteiger partial charge in [0.05, 0.1) is 0 Å². The fourth-order valence-electron chi connectivity index (χ4n) is 1.65. The molecule has 0 aliphatic heterocycles. The van der Waals surface area contributed by atoms with Crippen molar-refractivity contribution in [2.45, 2.75) is 32.9 Å². The summed E-state index contributed by atoms with van der Waals surface area (Å²) in [6.07, 6.45) is 0.598. The smallest absolute Gasteiger partial charge is 0.320 e. The summed E-state index contributed by atoms with van der Waals surface area (Å²) in [6.45, 7) is 4.45. The van der Waals surface area contributed by atoms with E-state index in [1.54, 1.807) is 6.07 Å². The molecule has 0 aliphatic rings. The minimum absolute atomic E-state index is 0.330. The molecule has 1 rings (SSSR count). The van der Waals surface area contributed by atoms with Crippen LogP contribution in [0, 0.1) is 5.92 Å². The van der Waals surface area contributed by atoms with Gasteiger partial charge in [0.25, 0.3) is 0 Å². The van der Waals surface area contributed by atoms with Gasteiger partial charge in [0, 0.05) is 16.0 Å². The van der Waals surface area contributed by atoms with Crippen LogP contribution >= 0.6 is 27.5 Å². The molecule has 1 atom stereocenters. The quantitative estimate of drug-likeness (QED) is 0.834. The van der Waals surface area contributed by atoms with Crippen molar-refractivity contribution in [1.82, 2.24) is 5.32 Å². The molecule has 0 heterocycles. The van der Waals surface area contributed by atoms with Gasteiger partial charge < -0.3 is 10.4 Å². The van der Waals surface area contributed by atoms with Crippen molar-refractivity contribution in [3.05, 3.63) is 33.3 Å². The lowest BCUT2D eigenvalue weighted by molar-refractivity contribution is -0.140. The predicted molar refractivity (Wildman–Crippen MR) is 76.9 cm³/mol. The molecule has 0 unspecified atom stereocenters. The van der Waals surface area contributed by atoms with E-state index in [4.69, 9.17) is 16.7 Å². The van der Waals surface area contributed by atoms with E-state index in [0.717, 1.165) is 10.0 Å². The normalized spacial score (nSPS) is 12.7. The SMILES string of the molecule is CC(C)C[C@@H](NCc1cc(Br)ccc1Cl)C(=O)O. The zero-order chi connectivity index (χ0) is 13.7.